The summed E-state index contributed by atoms with van der Waals surface area (Å²) in [6, 6.07) is 27.2. The van der Waals surface area contributed by atoms with E-state index >= 15 is 0 Å². The van der Waals surface area contributed by atoms with Gasteiger partial charge in [0.1, 0.15) is 24.7 Å². The average molecular weight is 629 g/mol. The van der Waals surface area contributed by atoms with E-state index in [1.807, 2.05) is 13.0 Å². The minimum absolute atomic E-state index is 0.286. The summed E-state index contributed by atoms with van der Waals surface area (Å²) in [7, 11) is 0. The number of aromatic nitrogens is 4. The van der Waals surface area contributed by atoms with Crippen LogP contribution < -0.4 is 0 Å². The normalized spacial score (nSPS) is 19.0. The molecule has 1 aliphatic heterocycles. The molecule has 47 heavy (non-hydrogen) atoms. The first-order valence-electron chi connectivity index (χ1n) is 14.9. The van der Waals surface area contributed by atoms with Gasteiger partial charge in [0.25, 0.3) is 0 Å². The van der Waals surface area contributed by atoms with Gasteiger partial charge in [0, 0.05) is 17.0 Å². The van der Waals surface area contributed by atoms with Crippen LogP contribution in [0.3, 0.4) is 0 Å². The van der Waals surface area contributed by atoms with Gasteiger partial charge in [0.15, 0.2) is 18.4 Å². The Morgan fingerprint density at radius 2 is 1.32 bits per heavy atom. The summed E-state index contributed by atoms with van der Waals surface area (Å²) in [5, 5.41) is 1.57. The lowest BCUT2D eigenvalue weighted by Gasteiger charge is -2.25. The van der Waals surface area contributed by atoms with Crippen molar-refractivity contribution < 1.29 is 33.3 Å². The molecule has 1 aliphatic rings. The Balaban J connectivity index is 1.33. The van der Waals surface area contributed by atoms with Crippen molar-refractivity contribution in [1.82, 2.24) is 19.5 Å². The molecule has 7 rings (SSSR count). The average Bonchev–Trinajstić information content (AvgIpc) is 3.63. The van der Waals surface area contributed by atoms with Crippen molar-refractivity contribution in [1.29, 1.82) is 0 Å². The maximum atomic E-state index is 13.6. The van der Waals surface area contributed by atoms with E-state index in [0.29, 0.717) is 22.3 Å². The number of carbonyl (C=O) groups excluding carboxylic acids is 3. The standard InChI is InChI=1S/C36H28N4O7/c1-22-29-26-17-18-37-19-27(26)40(32(29)39-21-38-22)33-31(47-36(43)25-15-9-4-10-16-25)30(46-35(42)24-13-7-3-8-14-24)28(45-33)20-44-34(41)23-11-5-2-6-12-23/h2-19,21,28,30-31,33H,20H2,1H3/t28-,30-,31-,33-/m1/s1. The molecule has 3 aromatic carbocycles. The minimum Gasteiger partial charge on any atom is -0.459 e. The molecule has 0 radical (unpaired) electrons. The van der Waals surface area contributed by atoms with Gasteiger partial charge in [0.2, 0.25) is 0 Å². The highest BCUT2D eigenvalue weighted by molar-refractivity contribution is 6.07. The van der Waals surface area contributed by atoms with Gasteiger partial charge in [-0.25, -0.2) is 24.4 Å². The smallest absolute Gasteiger partial charge is 0.338 e. The molecular weight excluding hydrogens is 600 g/mol. The Hall–Kier alpha value is -5.94. The first kappa shape index (κ1) is 29.8. The fourth-order valence-electron chi connectivity index (χ4n) is 5.79. The van der Waals surface area contributed by atoms with Gasteiger partial charge >= 0.3 is 17.9 Å². The zero-order valence-electron chi connectivity index (χ0n) is 25.1. The predicted octanol–water partition coefficient (Wildman–Crippen LogP) is 5.49. The first-order chi connectivity index (χ1) is 23.0. The second kappa shape index (κ2) is 12.8. The van der Waals surface area contributed by atoms with E-state index in [4.69, 9.17) is 18.9 Å². The molecule has 1 saturated heterocycles. The number of pyridine rings is 1. The van der Waals surface area contributed by atoms with Crippen LogP contribution in [-0.2, 0) is 18.9 Å². The van der Waals surface area contributed by atoms with Crippen LogP contribution in [0.1, 0.15) is 43.0 Å². The quantitative estimate of drug-likeness (QED) is 0.157. The zero-order chi connectivity index (χ0) is 32.3. The van der Waals surface area contributed by atoms with Crippen LogP contribution >= 0.6 is 0 Å². The van der Waals surface area contributed by atoms with Gasteiger partial charge in [-0.1, -0.05) is 54.6 Å². The van der Waals surface area contributed by atoms with Crippen LogP contribution in [0.25, 0.3) is 21.9 Å². The molecule has 0 aliphatic carbocycles. The summed E-state index contributed by atoms with van der Waals surface area (Å²) in [4.78, 5) is 53.4. The largest absolute Gasteiger partial charge is 0.459 e. The van der Waals surface area contributed by atoms with Crippen molar-refractivity contribution in [2.45, 2.75) is 31.5 Å². The van der Waals surface area contributed by atoms with E-state index in [1.165, 1.54) is 6.33 Å². The molecular formula is C36H28N4O7. The summed E-state index contributed by atoms with van der Waals surface area (Å²) < 4.78 is 26.3. The van der Waals surface area contributed by atoms with Crippen LogP contribution in [0.4, 0.5) is 0 Å². The van der Waals surface area contributed by atoms with Crippen LogP contribution in [0, 0.1) is 6.92 Å². The molecule has 6 aromatic rings. The molecule has 0 bridgehead atoms. The maximum absolute atomic E-state index is 13.6. The lowest BCUT2D eigenvalue weighted by molar-refractivity contribution is -0.0588. The van der Waals surface area contributed by atoms with Crippen molar-refractivity contribution in [2.75, 3.05) is 6.61 Å². The number of aryl methyl sites for hydroxylation is 1. The van der Waals surface area contributed by atoms with Crippen molar-refractivity contribution in [2.24, 2.45) is 0 Å². The van der Waals surface area contributed by atoms with Gasteiger partial charge in [-0.3, -0.25) is 9.55 Å². The number of hydrogen-bond donors (Lipinski definition) is 0. The predicted molar refractivity (Wildman–Crippen MR) is 169 cm³/mol. The van der Waals surface area contributed by atoms with E-state index < -0.39 is 42.4 Å². The number of rotatable bonds is 8. The summed E-state index contributed by atoms with van der Waals surface area (Å²) in [5.74, 6) is -1.91. The van der Waals surface area contributed by atoms with Crippen molar-refractivity contribution in [3.8, 4) is 0 Å². The van der Waals surface area contributed by atoms with Gasteiger partial charge in [-0.15, -0.1) is 0 Å². The molecule has 0 unspecified atom stereocenters. The van der Waals surface area contributed by atoms with Crippen LogP contribution in [0.2, 0.25) is 0 Å². The summed E-state index contributed by atoms with van der Waals surface area (Å²) >= 11 is 0. The monoisotopic (exact) mass is 628 g/mol. The highest BCUT2D eigenvalue weighted by Crippen LogP contribution is 2.40. The van der Waals surface area contributed by atoms with Crippen LogP contribution in [0.5, 0.6) is 0 Å². The SMILES string of the molecule is Cc1ncnc2c1c1ccncc1n2[C@@H]1O[C@H](COC(=O)c2ccccc2)[C@@H](OC(=O)c2ccccc2)[C@H]1OC(=O)c1ccccc1. The van der Waals surface area contributed by atoms with E-state index in [2.05, 4.69) is 15.0 Å². The third-order valence-corrected chi connectivity index (χ3v) is 8.01. The minimum atomic E-state index is -1.20. The molecule has 0 amide bonds. The summed E-state index contributed by atoms with van der Waals surface area (Å²) in [5.41, 5.74) is 2.77. The van der Waals surface area contributed by atoms with E-state index in [0.717, 1.165) is 16.5 Å². The molecule has 11 heteroatoms. The second-order valence-corrected chi connectivity index (χ2v) is 10.9. The number of ether oxygens (including phenoxy) is 4. The molecule has 11 nitrogen and oxygen atoms in total. The molecule has 4 atom stereocenters. The Kier molecular flexibility index (Phi) is 8.11. The number of nitrogens with zero attached hydrogens (tertiary/aromatic N) is 4. The van der Waals surface area contributed by atoms with Crippen LogP contribution in [0.15, 0.2) is 116 Å². The number of carbonyl (C=O) groups is 3. The van der Waals surface area contributed by atoms with Gasteiger partial charge in [-0.05, 0) is 49.4 Å². The molecule has 0 N–H and O–H groups in total. The highest BCUT2D eigenvalue weighted by atomic mass is 16.7. The number of hydrogen-bond acceptors (Lipinski definition) is 10. The Bertz CT molecular complexity index is 2070. The Labute approximate surface area is 268 Å². The molecule has 0 spiro atoms. The van der Waals surface area contributed by atoms with Gasteiger partial charge in [0.05, 0.1) is 34.1 Å². The summed E-state index contributed by atoms with van der Waals surface area (Å²) in [6.45, 7) is 1.56. The third kappa shape index (κ3) is 5.80. The first-order valence-corrected chi connectivity index (χ1v) is 14.9. The molecule has 3 aromatic heterocycles. The van der Waals surface area contributed by atoms with Crippen molar-refractivity contribution >= 4 is 39.8 Å². The van der Waals surface area contributed by atoms with Crippen molar-refractivity contribution in [3.63, 3.8) is 0 Å². The lowest BCUT2D eigenvalue weighted by Crippen LogP contribution is -2.41. The fraction of sp³-hybridized carbons (Fsp3) is 0.167. The fourth-order valence-corrected chi connectivity index (χ4v) is 5.79. The number of esters is 3. The zero-order valence-corrected chi connectivity index (χ0v) is 25.1. The number of fused-ring (bicyclic) bond motifs is 3. The van der Waals surface area contributed by atoms with Gasteiger partial charge in [-0.2, -0.15) is 0 Å². The molecule has 4 heterocycles. The molecule has 1 fully saturated rings. The lowest BCUT2D eigenvalue weighted by atomic mass is 10.1. The Morgan fingerprint density at radius 3 is 1.94 bits per heavy atom. The third-order valence-electron chi connectivity index (χ3n) is 8.01. The van der Waals surface area contributed by atoms with E-state index in [9.17, 15) is 14.4 Å². The molecule has 0 saturated carbocycles. The Morgan fingerprint density at radius 1 is 0.745 bits per heavy atom. The van der Waals surface area contributed by atoms with Gasteiger partial charge < -0.3 is 18.9 Å². The van der Waals surface area contributed by atoms with Crippen molar-refractivity contribution in [3.05, 3.63) is 138 Å². The summed E-state index contributed by atoms with van der Waals surface area (Å²) in [6.07, 6.45) is 0.241. The second-order valence-electron chi connectivity index (χ2n) is 10.9. The van der Waals surface area contributed by atoms with E-state index in [-0.39, 0.29) is 12.2 Å². The highest BCUT2D eigenvalue weighted by Gasteiger charge is 2.52. The van der Waals surface area contributed by atoms with E-state index in [1.54, 1.807) is 108 Å². The molecule has 234 valence electrons. The van der Waals surface area contributed by atoms with Crippen LogP contribution in [-0.4, -0.2) is 62.3 Å². The topological polar surface area (TPSA) is 132 Å². The maximum Gasteiger partial charge on any atom is 0.338 e. The number of benzene rings is 3.